The van der Waals surface area contributed by atoms with E-state index < -0.39 is 0 Å². The van der Waals surface area contributed by atoms with Crippen LogP contribution in [0.5, 0.6) is 0 Å². The number of nitrogens with zero attached hydrogens (tertiary/aromatic N) is 1. The Hall–Kier alpha value is -1.31. The van der Waals surface area contributed by atoms with Crippen LogP contribution in [0.4, 0.5) is 0 Å². The third-order valence-electron chi connectivity index (χ3n) is 4.02. The lowest BCUT2D eigenvalue weighted by Crippen LogP contribution is -2.28. The molecule has 0 spiro atoms. The van der Waals surface area contributed by atoms with Crippen molar-refractivity contribution in [3.8, 4) is 0 Å². The van der Waals surface area contributed by atoms with Crippen molar-refractivity contribution in [3.05, 3.63) is 35.9 Å². The highest BCUT2D eigenvalue weighted by Crippen LogP contribution is 2.35. The molecule has 0 bridgehead atoms. The Kier molecular flexibility index (Phi) is 4.05. The van der Waals surface area contributed by atoms with Crippen LogP contribution in [0.15, 0.2) is 35.5 Å². The number of rotatable bonds is 5. The average Bonchev–Trinajstić information content (AvgIpc) is 2.79. The highest BCUT2D eigenvalue weighted by molar-refractivity contribution is 5.83. The van der Waals surface area contributed by atoms with Crippen LogP contribution in [0.25, 0.3) is 0 Å². The molecule has 1 aromatic rings. The first-order chi connectivity index (χ1) is 8.65. The second-order valence-corrected chi connectivity index (χ2v) is 5.48. The molecule has 1 heterocycles. The van der Waals surface area contributed by atoms with Gasteiger partial charge in [0, 0.05) is 6.42 Å². The molecule has 0 amide bonds. The molecule has 0 saturated carbocycles. The Bertz CT molecular complexity index is 412. The fraction of sp³-hybridized carbons (Fsp3) is 0.562. The van der Waals surface area contributed by atoms with Gasteiger partial charge >= 0.3 is 0 Å². The van der Waals surface area contributed by atoms with Crippen molar-refractivity contribution >= 4 is 5.71 Å². The second kappa shape index (κ2) is 5.55. The minimum Gasteiger partial charge on any atom is -0.389 e. The number of benzene rings is 1. The topological polar surface area (TPSA) is 21.6 Å². The van der Waals surface area contributed by atoms with Gasteiger partial charge in [-0.15, -0.1) is 0 Å². The van der Waals surface area contributed by atoms with Gasteiger partial charge in [-0.25, -0.2) is 0 Å². The number of hydrogen-bond donors (Lipinski definition) is 0. The van der Waals surface area contributed by atoms with E-state index in [9.17, 15) is 0 Å². The quantitative estimate of drug-likeness (QED) is 0.747. The van der Waals surface area contributed by atoms with Gasteiger partial charge in [0.1, 0.15) is 5.60 Å². The third-order valence-corrected chi connectivity index (χ3v) is 4.02. The van der Waals surface area contributed by atoms with Gasteiger partial charge in [0.15, 0.2) is 0 Å². The maximum absolute atomic E-state index is 5.68. The Labute approximate surface area is 110 Å². The molecular weight excluding hydrogens is 222 g/mol. The molecule has 0 aliphatic carbocycles. The Morgan fingerprint density at radius 1 is 1.33 bits per heavy atom. The van der Waals surface area contributed by atoms with Crippen molar-refractivity contribution in [1.29, 1.82) is 0 Å². The lowest BCUT2D eigenvalue weighted by atomic mass is 9.85. The van der Waals surface area contributed by atoms with E-state index >= 15 is 0 Å². The van der Waals surface area contributed by atoms with Crippen molar-refractivity contribution in [1.82, 2.24) is 0 Å². The summed E-state index contributed by atoms with van der Waals surface area (Å²) in [5, 5.41) is 4.13. The lowest BCUT2D eigenvalue weighted by Gasteiger charge is -2.26. The van der Waals surface area contributed by atoms with Crippen LogP contribution < -0.4 is 0 Å². The van der Waals surface area contributed by atoms with Crippen LogP contribution in [-0.2, 0) is 4.84 Å². The summed E-state index contributed by atoms with van der Waals surface area (Å²) in [4.78, 5) is 5.68. The molecule has 1 aliphatic heterocycles. The zero-order valence-electron chi connectivity index (χ0n) is 11.6. The monoisotopic (exact) mass is 245 g/mol. The summed E-state index contributed by atoms with van der Waals surface area (Å²) in [6, 6.07) is 10.7. The fourth-order valence-corrected chi connectivity index (χ4v) is 2.63. The van der Waals surface area contributed by atoms with E-state index in [1.807, 2.05) is 0 Å². The highest BCUT2D eigenvalue weighted by atomic mass is 16.7. The van der Waals surface area contributed by atoms with Gasteiger partial charge < -0.3 is 4.84 Å². The maximum Gasteiger partial charge on any atom is 0.142 e. The lowest BCUT2D eigenvalue weighted by molar-refractivity contribution is -0.0302. The summed E-state index contributed by atoms with van der Waals surface area (Å²) in [6.07, 6.45) is 4.27. The largest absolute Gasteiger partial charge is 0.389 e. The van der Waals surface area contributed by atoms with E-state index in [2.05, 4.69) is 56.3 Å². The van der Waals surface area contributed by atoms with Crippen LogP contribution >= 0.6 is 0 Å². The zero-order valence-corrected chi connectivity index (χ0v) is 11.6. The van der Waals surface area contributed by atoms with Crippen LogP contribution in [0.3, 0.4) is 0 Å². The van der Waals surface area contributed by atoms with Crippen molar-refractivity contribution in [2.45, 2.75) is 58.0 Å². The predicted molar refractivity (Wildman–Crippen MR) is 75.9 cm³/mol. The van der Waals surface area contributed by atoms with Gasteiger partial charge in [0.25, 0.3) is 0 Å². The first-order valence-corrected chi connectivity index (χ1v) is 6.92. The zero-order chi connectivity index (χ0) is 13.0. The van der Waals surface area contributed by atoms with E-state index in [-0.39, 0.29) is 5.60 Å². The minimum absolute atomic E-state index is 0.0346. The van der Waals surface area contributed by atoms with Crippen LogP contribution in [0, 0.1) is 0 Å². The van der Waals surface area contributed by atoms with Gasteiger partial charge in [-0.1, -0.05) is 49.3 Å². The summed E-state index contributed by atoms with van der Waals surface area (Å²) < 4.78 is 0. The van der Waals surface area contributed by atoms with Crippen molar-refractivity contribution in [2.24, 2.45) is 5.16 Å². The van der Waals surface area contributed by atoms with Crippen LogP contribution in [0.1, 0.15) is 57.9 Å². The molecule has 2 rings (SSSR count). The summed E-state index contributed by atoms with van der Waals surface area (Å²) in [7, 11) is 0. The molecule has 2 unspecified atom stereocenters. The SMILES string of the molecule is CCC1(CCC(C)c2ccccc2)CC(C)=NO1. The smallest absolute Gasteiger partial charge is 0.142 e. The molecule has 0 radical (unpaired) electrons. The molecular formula is C16H23NO. The Balaban J connectivity index is 1.91. The van der Waals surface area contributed by atoms with E-state index in [1.54, 1.807) is 0 Å². The summed E-state index contributed by atoms with van der Waals surface area (Å²) in [5.41, 5.74) is 2.51. The van der Waals surface area contributed by atoms with Crippen molar-refractivity contribution < 1.29 is 4.84 Å². The van der Waals surface area contributed by atoms with Gasteiger partial charge in [-0.2, -0.15) is 0 Å². The standard InChI is InChI=1S/C16H23NO/c1-4-16(12-14(3)17-18-16)11-10-13(2)15-8-6-5-7-9-15/h5-9,13H,4,10-12H2,1-3H3. The summed E-state index contributed by atoms with van der Waals surface area (Å²) in [5.74, 6) is 0.583. The molecule has 98 valence electrons. The molecule has 2 atom stereocenters. The first-order valence-electron chi connectivity index (χ1n) is 6.92. The average molecular weight is 245 g/mol. The maximum atomic E-state index is 5.68. The molecule has 2 heteroatoms. The third kappa shape index (κ3) is 2.92. The van der Waals surface area contributed by atoms with E-state index in [0.29, 0.717) is 5.92 Å². The van der Waals surface area contributed by atoms with Gasteiger partial charge in [-0.05, 0) is 37.7 Å². The Morgan fingerprint density at radius 2 is 2.06 bits per heavy atom. The fourth-order valence-electron chi connectivity index (χ4n) is 2.63. The van der Waals surface area contributed by atoms with E-state index in [1.165, 1.54) is 5.56 Å². The molecule has 2 nitrogen and oxygen atoms in total. The molecule has 1 aliphatic rings. The predicted octanol–water partition coefficient (Wildman–Crippen LogP) is 4.52. The van der Waals surface area contributed by atoms with Gasteiger partial charge in [0.2, 0.25) is 0 Å². The van der Waals surface area contributed by atoms with Crippen LogP contribution in [-0.4, -0.2) is 11.3 Å². The second-order valence-electron chi connectivity index (χ2n) is 5.48. The van der Waals surface area contributed by atoms with Crippen molar-refractivity contribution in [3.63, 3.8) is 0 Å². The molecule has 0 saturated heterocycles. The van der Waals surface area contributed by atoms with E-state index in [4.69, 9.17) is 4.84 Å². The summed E-state index contributed by atoms with van der Waals surface area (Å²) >= 11 is 0. The Morgan fingerprint density at radius 3 is 2.61 bits per heavy atom. The van der Waals surface area contributed by atoms with Crippen LogP contribution in [0.2, 0.25) is 0 Å². The van der Waals surface area contributed by atoms with Crippen molar-refractivity contribution in [2.75, 3.05) is 0 Å². The number of oxime groups is 1. The molecule has 18 heavy (non-hydrogen) atoms. The molecule has 0 N–H and O–H groups in total. The van der Waals surface area contributed by atoms with E-state index in [0.717, 1.165) is 31.4 Å². The molecule has 0 aromatic heterocycles. The molecule has 1 aromatic carbocycles. The van der Waals surface area contributed by atoms with Gasteiger partial charge in [0.05, 0.1) is 5.71 Å². The first kappa shape index (κ1) is 13.1. The molecule has 0 fully saturated rings. The normalized spacial score (nSPS) is 24.5. The summed E-state index contributed by atoms with van der Waals surface area (Å²) in [6.45, 7) is 6.54. The van der Waals surface area contributed by atoms with Gasteiger partial charge in [-0.3, -0.25) is 0 Å². The highest BCUT2D eigenvalue weighted by Gasteiger charge is 2.35. The number of hydrogen-bond acceptors (Lipinski definition) is 2. The minimum atomic E-state index is -0.0346.